The van der Waals surface area contributed by atoms with Crippen LogP contribution < -0.4 is 9.47 Å². The Morgan fingerprint density at radius 3 is 1.80 bits per heavy atom. The summed E-state index contributed by atoms with van der Waals surface area (Å²) < 4.78 is 33.5. The normalized spacial score (nSPS) is 23.7. The van der Waals surface area contributed by atoms with Gasteiger partial charge in [0.1, 0.15) is 36.9 Å². The lowest BCUT2D eigenvalue weighted by Gasteiger charge is -2.36. The lowest BCUT2D eigenvalue weighted by molar-refractivity contribution is 0.0878. The number of hydrogen-bond donors (Lipinski definition) is 0. The third kappa shape index (κ3) is 6.11. The quantitative estimate of drug-likeness (QED) is 0.194. The van der Waals surface area contributed by atoms with Gasteiger partial charge in [0.05, 0.1) is 39.6 Å². The number of allylic oxidation sites excluding steroid dienone is 4. The first-order valence-corrected chi connectivity index (χ1v) is 14.6. The van der Waals surface area contributed by atoms with Crippen molar-refractivity contribution < 1.29 is 28.4 Å². The second kappa shape index (κ2) is 11.8. The van der Waals surface area contributed by atoms with E-state index >= 15 is 0 Å². The SMILES string of the molecule is C1=CC(c2ccc(OCCOCC3CO3)cc2)(c2ccc(OCCOCC3CO3)cc2)CC2=C1c1ccccc1C2. The van der Waals surface area contributed by atoms with Crippen molar-refractivity contribution in [3.8, 4) is 11.5 Å². The molecule has 0 spiro atoms. The average molecular weight is 553 g/mol. The van der Waals surface area contributed by atoms with E-state index in [2.05, 4.69) is 84.9 Å². The Kier molecular flexibility index (Phi) is 7.64. The van der Waals surface area contributed by atoms with E-state index in [9.17, 15) is 0 Å². The van der Waals surface area contributed by atoms with Gasteiger partial charge in [0, 0.05) is 5.41 Å². The summed E-state index contributed by atoms with van der Waals surface area (Å²) in [5.41, 5.74) is 7.86. The first kappa shape index (κ1) is 26.5. The van der Waals surface area contributed by atoms with Gasteiger partial charge in [0.25, 0.3) is 0 Å². The van der Waals surface area contributed by atoms with E-state index in [1.807, 2.05) is 0 Å². The predicted octanol–water partition coefficient (Wildman–Crippen LogP) is 5.53. The van der Waals surface area contributed by atoms with Crippen LogP contribution in [-0.4, -0.2) is 65.1 Å². The molecular weight excluding hydrogens is 516 g/mol. The van der Waals surface area contributed by atoms with E-state index in [1.165, 1.54) is 33.4 Å². The molecule has 0 radical (unpaired) electrons. The molecule has 7 rings (SSSR count). The van der Waals surface area contributed by atoms with Gasteiger partial charge in [-0.15, -0.1) is 0 Å². The molecule has 2 unspecified atom stereocenters. The largest absolute Gasteiger partial charge is 0.491 e. The van der Waals surface area contributed by atoms with Crippen molar-refractivity contribution >= 4 is 5.57 Å². The Hall–Kier alpha value is -3.42. The van der Waals surface area contributed by atoms with Crippen molar-refractivity contribution in [3.63, 3.8) is 0 Å². The van der Waals surface area contributed by atoms with Crippen LogP contribution in [-0.2, 0) is 30.8 Å². The van der Waals surface area contributed by atoms with E-state index in [4.69, 9.17) is 28.4 Å². The average Bonchev–Trinajstić information content (AvgIpc) is 3.95. The zero-order valence-corrected chi connectivity index (χ0v) is 23.3. The fourth-order valence-corrected chi connectivity index (χ4v) is 5.89. The highest BCUT2D eigenvalue weighted by atomic mass is 16.6. The van der Waals surface area contributed by atoms with Crippen molar-refractivity contribution in [2.75, 3.05) is 52.9 Å². The van der Waals surface area contributed by atoms with E-state index in [0.717, 1.165) is 37.6 Å². The number of epoxide rings is 2. The molecule has 0 saturated carbocycles. The molecule has 2 aliphatic heterocycles. The fraction of sp³-hybridized carbons (Fsp3) is 0.371. The van der Waals surface area contributed by atoms with Crippen molar-refractivity contribution in [1.82, 2.24) is 0 Å². The van der Waals surface area contributed by atoms with Gasteiger partial charge in [-0.2, -0.15) is 0 Å². The molecule has 2 aliphatic carbocycles. The third-order valence-corrected chi connectivity index (χ3v) is 8.26. The summed E-state index contributed by atoms with van der Waals surface area (Å²) in [7, 11) is 0. The molecule has 3 aromatic carbocycles. The van der Waals surface area contributed by atoms with Crippen LogP contribution in [0.1, 0.15) is 28.7 Å². The number of rotatable bonds is 14. The second-order valence-corrected chi connectivity index (χ2v) is 11.1. The maximum absolute atomic E-state index is 5.96. The highest BCUT2D eigenvalue weighted by Crippen LogP contribution is 2.49. The minimum absolute atomic E-state index is 0.277. The van der Waals surface area contributed by atoms with Gasteiger partial charge in [-0.1, -0.05) is 66.3 Å². The Morgan fingerprint density at radius 1 is 0.683 bits per heavy atom. The fourth-order valence-electron chi connectivity index (χ4n) is 5.89. The summed E-state index contributed by atoms with van der Waals surface area (Å²) in [6.45, 7) is 5.06. The second-order valence-electron chi connectivity index (χ2n) is 11.1. The molecule has 2 fully saturated rings. The van der Waals surface area contributed by atoms with Gasteiger partial charge in [0.15, 0.2) is 0 Å². The van der Waals surface area contributed by atoms with Crippen LogP contribution in [0.5, 0.6) is 11.5 Å². The maximum Gasteiger partial charge on any atom is 0.119 e. The van der Waals surface area contributed by atoms with Crippen LogP contribution in [0.25, 0.3) is 5.57 Å². The van der Waals surface area contributed by atoms with Crippen LogP contribution in [0.2, 0.25) is 0 Å². The Bertz CT molecular complexity index is 1330. The molecule has 4 aliphatic rings. The van der Waals surface area contributed by atoms with Gasteiger partial charge in [-0.3, -0.25) is 0 Å². The first-order valence-electron chi connectivity index (χ1n) is 14.6. The summed E-state index contributed by atoms with van der Waals surface area (Å²) in [6.07, 6.45) is 7.21. The third-order valence-electron chi connectivity index (χ3n) is 8.26. The predicted molar refractivity (Wildman–Crippen MR) is 157 cm³/mol. The zero-order chi connectivity index (χ0) is 27.5. The molecule has 41 heavy (non-hydrogen) atoms. The van der Waals surface area contributed by atoms with Crippen molar-refractivity contribution in [1.29, 1.82) is 0 Å². The van der Waals surface area contributed by atoms with Crippen molar-refractivity contribution in [2.45, 2.75) is 30.5 Å². The molecule has 0 amide bonds. The van der Waals surface area contributed by atoms with E-state index in [0.29, 0.717) is 39.6 Å². The smallest absolute Gasteiger partial charge is 0.119 e. The molecule has 0 N–H and O–H groups in total. The summed E-state index contributed by atoms with van der Waals surface area (Å²) in [6, 6.07) is 25.9. The molecule has 0 bridgehead atoms. The van der Waals surface area contributed by atoms with Crippen molar-refractivity contribution in [3.05, 3.63) is 113 Å². The van der Waals surface area contributed by atoms with Crippen LogP contribution in [0.4, 0.5) is 0 Å². The summed E-state index contributed by atoms with van der Waals surface area (Å²) in [5.74, 6) is 1.70. The molecule has 0 aromatic heterocycles. The molecule has 2 saturated heterocycles. The molecule has 2 atom stereocenters. The number of hydrogen-bond acceptors (Lipinski definition) is 6. The van der Waals surface area contributed by atoms with Gasteiger partial charge >= 0.3 is 0 Å². The minimum Gasteiger partial charge on any atom is -0.491 e. The van der Waals surface area contributed by atoms with Crippen LogP contribution in [0.3, 0.4) is 0 Å². The standard InChI is InChI=1S/C35H36O6/c1-2-4-33-25(3-1)19-26-20-35(14-13-34(26)33,27-5-9-29(10-6-27)38-17-15-36-21-31-23-40-31)28-7-11-30(12-8-28)39-18-16-37-22-32-24-41-32/h1-14,31-32H,15-24H2. The summed E-state index contributed by atoms with van der Waals surface area (Å²) >= 11 is 0. The van der Waals surface area contributed by atoms with Crippen LogP contribution in [0.15, 0.2) is 90.5 Å². The van der Waals surface area contributed by atoms with Gasteiger partial charge in [-0.05, 0) is 64.9 Å². The highest BCUT2D eigenvalue weighted by molar-refractivity contribution is 5.85. The molecule has 6 nitrogen and oxygen atoms in total. The summed E-state index contributed by atoms with van der Waals surface area (Å²) in [4.78, 5) is 0. The monoisotopic (exact) mass is 552 g/mol. The first-order chi connectivity index (χ1) is 20.3. The summed E-state index contributed by atoms with van der Waals surface area (Å²) in [5, 5.41) is 0. The highest BCUT2D eigenvalue weighted by Gasteiger charge is 2.38. The van der Waals surface area contributed by atoms with E-state index < -0.39 is 0 Å². The zero-order valence-electron chi connectivity index (χ0n) is 23.3. The Morgan fingerprint density at radius 2 is 1.24 bits per heavy atom. The van der Waals surface area contributed by atoms with Crippen LogP contribution in [0, 0.1) is 0 Å². The molecule has 212 valence electrons. The molecule has 2 heterocycles. The lowest BCUT2D eigenvalue weighted by atomic mass is 9.67. The number of ether oxygens (including phenoxy) is 6. The molecular formula is C35H36O6. The van der Waals surface area contributed by atoms with Gasteiger partial charge in [0.2, 0.25) is 0 Å². The topological polar surface area (TPSA) is 62.0 Å². The van der Waals surface area contributed by atoms with Gasteiger partial charge < -0.3 is 28.4 Å². The van der Waals surface area contributed by atoms with E-state index in [-0.39, 0.29) is 17.6 Å². The van der Waals surface area contributed by atoms with E-state index in [1.54, 1.807) is 0 Å². The van der Waals surface area contributed by atoms with Gasteiger partial charge in [-0.25, -0.2) is 0 Å². The maximum atomic E-state index is 5.96. The van der Waals surface area contributed by atoms with Crippen molar-refractivity contribution in [2.24, 2.45) is 0 Å². The Balaban J connectivity index is 1.07. The van der Waals surface area contributed by atoms with Crippen LogP contribution >= 0.6 is 0 Å². The lowest BCUT2D eigenvalue weighted by Crippen LogP contribution is -2.28. The molecule has 6 heteroatoms. The Labute approximate surface area is 241 Å². The molecule has 3 aromatic rings. The number of fused-ring (bicyclic) bond motifs is 2. The number of benzene rings is 3. The minimum atomic E-state index is -0.279.